The highest BCUT2D eigenvalue weighted by atomic mass is 32.2. The quantitative estimate of drug-likeness (QED) is 0.350. The van der Waals surface area contributed by atoms with Crippen LogP contribution in [0.4, 0.5) is 20.2 Å². The van der Waals surface area contributed by atoms with Crippen molar-refractivity contribution >= 4 is 38.6 Å². The Morgan fingerprint density at radius 3 is 2.38 bits per heavy atom. The van der Waals surface area contributed by atoms with Gasteiger partial charge in [-0.15, -0.1) is 11.3 Å². The second-order valence-electron chi connectivity index (χ2n) is 7.54. The number of rotatable bonds is 6. The van der Waals surface area contributed by atoms with E-state index in [2.05, 4.69) is 5.32 Å². The average Bonchev–Trinajstić information content (AvgIpc) is 3.28. The number of benzene rings is 3. The summed E-state index contributed by atoms with van der Waals surface area (Å²) in [4.78, 5) is 12.9. The van der Waals surface area contributed by atoms with Gasteiger partial charge in [-0.25, -0.2) is 17.2 Å². The van der Waals surface area contributed by atoms with E-state index in [0.29, 0.717) is 16.7 Å². The molecule has 0 aliphatic rings. The van der Waals surface area contributed by atoms with Gasteiger partial charge in [0.1, 0.15) is 21.4 Å². The lowest BCUT2D eigenvalue weighted by molar-refractivity contribution is 0.102. The van der Waals surface area contributed by atoms with Gasteiger partial charge >= 0.3 is 0 Å². The van der Waals surface area contributed by atoms with Gasteiger partial charge in [-0.1, -0.05) is 42.5 Å². The Morgan fingerprint density at radius 2 is 1.71 bits per heavy atom. The molecule has 0 spiro atoms. The molecule has 0 fully saturated rings. The number of aryl methyl sites for hydroxylation is 1. The smallest absolute Gasteiger partial charge is 0.267 e. The fourth-order valence-corrected chi connectivity index (χ4v) is 6.23. The van der Waals surface area contributed by atoms with Crippen LogP contribution in [0.1, 0.15) is 15.2 Å². The summed E-state index contributed by atoms with van der Waals surface area (Å²) in [6.07, 6.45) is 0. The first-order chi connectivity index (χ1) is 16.2. The van der Waals surface area contributed by atoms with Crippen LogP contribution >= 0.6 is 11.3 Å². The van der Waals surface area contributed by atoms with E-state index in [0.717, 1.165) is 21.7 Å². The number of anilines is 2. The average molecular weight is 499 g/mol. The van der Waals surface area contributed by atoms with Crippen LogP contribution in [0.2, 0.25) is 0 Å². The van der Waals surface area contributed by atoms with Crippen LogP contribution < -0.4 is 9.62 Å². The Morgan fingerprint density at radius 1 is 0.971 bits per heavy atom. The Kier molecular flexibility index (Phi) is 6.49. The van der Waals surface area contributed by atoms with Gasteiger partial charge < -0.3 is 5.32 Å². The van der Waals surface area contributed by atoms with Crippen LogP contribution in [-0.4, -0.2) is 21.4 Å². The van der Waals surface area contributed by atoms with Crippen LogP contribution in [0.5, 0.6) is 0 Å². The van der Waals surface area contributed by atoms with Gasteiger partial charge in [-0.2, -0.15) is 0 Å². The molecule has 0 saturated heterocycles. The number of amides is 1. The maximum absolute atomic E-state index is 14.0. The van der Waals surface area contributed by atoms with E-state index in [1.165, 1.54) is 43.4 Å². The number of hydrogen-bond donors (Lipinski definition) is 1. The van der Waals surface area contributed by atoms with Crippen LogP contribution in [0, 0.1) is 18.6 Å². The molecule has 0 aliphatic heterocycles. The zero-order valence-corrected chi connectivity index (χ0v) is 19.9. The summed E-state index contributed by atoms with van der Waals surface area (Å²) < 4.78 is 56.2. The maximum Gasteiger partial charge on any atom is 0.267 e. The molecule has 5 nitrogen and oxygen atoms in total. The number of halogens is 2. The number of nitrogens with one attached hydrogen (secondary N) is 1. The molecule has 0 saturated carbocycles. The SMILES string of the molecule is Cc1ccc(NC(=O)c2scc(-c3ccccc3)c2S(=O)(=O)N(C)c2cccc(F)c2)cc1F. The molecule has 9 heteroatoms. The van der Waals surface area contributed by atoms with Crippen LogP contribution in [-0.2, 0) is 10.0 Å². The van der Waals surface area contributed by atoms with Gasteiger partial charge in [-0.3, -0.25) is 9.10 Å². The molecule has 1 N–H and O–H groups in total. The zero-order valence-electron chi connectivity index (χ0n) is 18.2. The number of thiophene rings is 1. The highest BCUT2D eigenvalue weighted by molar-refractivity contribution is 7.93. The molecule has 1 aromatic heterocycles. The van der Waals surface area contributed by atoms with Gasteiger partial charge in [0.25, 0.3) is 15.9 Å². The number of nitrogens with zero attached hydrogens (tertiary/aromatic N) is 1. The highest BCUT2D eigenvalue weighted by Gasteiger charge is 2.33. The van der Waals surface area contributed by atoms with E-state index < -0.39 is 27.6 Å². The molecular formula is C25H20F2N2O3S2. The van der Waals surface area contributed by atoms with Crippen LogP contribution in [0.15, 0.2) is 83.1 Å². The van der Waals surface area contributed by atoms with Crippen molar-refractivity contribution in [2.45, 2.75) is 11.8 Å². The summed E-state index contributed by atoms with van der Waals surface area (Å²) in [5, 5.41) is 4.17. The first-order valence-electron chi connectivity index (χ1n) is 10.2. The van der Waals surface area contributed by atoms with Gasteiger partial charge in [0.15, 0.2) is 0 Å². The van der Waals surface area contributed by atoms with Crippen molar-refractivity contribution in [1.82, 2.24) is 0 Å². The van der Waals surface area contributed by atoms with Crippen molar-refractivity contribution < 1.29 is 22.0 Å². The van der Waals surface area contributed by atoms with Crippen molar-refractivity contribution in [2.75, 3.05) is 16.7 Å². The van der Waals surface area contributed by atoms with E-state index in [1.807, 2.05) is 0 Å². The number of hydrogen-bond acceptors (Lipinski definition) is 4. The molecule has 4 aromatic rings. The van der Waals surface area contributed by atoms with Crippen molar-refractivity contribution in [3.8, 4) is 11.1 Å². The minimum absolute atomic E-state index is 0.0666. The monoisotopic (exact) mass is 498 g/mol. The first-order valence-corrected chi connectivity index (χ1v) is 12.5. The molecule has 0 atom stereocenters. The van der Waals surface area contributed by atoms with Crippen molar-refractivity contribution in [3.63, 3.8) is 0 Å². The summed E-state index contributed by atoms with van der Waals surface area (Å²) in [5.41, 5.74) is 1.67. The second-order valence-corrected chi connectivity index (χ2v) is 10.3. The third-order valence-corrected chi connectivity index (χ3v) is 8.24. The number of sulfonamides is 1. The van der Waals surface area contributed by atoms with Gasteiger partial charge in [0.05, 0.1) is 5.69 Å². The topological polar surface area (TPSA) is 66.5 Å². The second kappa shape index (κ2) is 9.36. The summed E-state index contributed by atoms with van der Waals surface area (Å²) in [6, 6.07) is 18.2. The lowest BCUT2D eigenvalue weighted by atomic mass is 10.1. The molecule has 0 unspecified atom stereocenters. The molecule has 3 aromatic carbocycles. The highest BCUT2D eigenvalue weighted by Crippen LogP contribution is 2.38. The molecule has 0 aliphatic carbocycles. The lowest BCUT2D eigenvalue weighted by Crippen LogP contribution is -2.28. The summed E-state index contributed by atoms with van der Waals surface area (Å²) in [5.74, 6) is -1.78. The molecule has 1 heterocycles. The van der Waals surface area contributed by atoms with E-state index in [9.17, 15) is 22.0 Å². The third kappa shape index (κ3) is 4.57. The fraction of sp³-hybridized carbons (Fsp3) is 0.0800. The van der Waals surface area contributed by atoms with E-state index in [1.54, 1.807) is 42.6 Å². The molecule has 4 rings (SSSR count). The number of carbonyl (C=O) groups excluding carboxylic acids is 1. The third-order valence-electron chi connectivity index (χ3n) is 5.26. The van der Waals surface area contributed by atoms with Crippen LogP contribution in [0.25, 0.3) is 11.1 Å². The molecule has 0 bridgehead atoms. The first kappa shape index (κ1) is 23.6. The Bertz CT molecular complexity index is 1470. The Labute approximate surface area is 200 Å². The maximum atomic E-state index is 14.0. The van der Waals surface area contributed by atoms with Crippen molar-refractivity contribution in [3.05, 3.63) is 100 Å². The predicted octanol–water partition coefficient (Wildman–Crippen LogP) is 6.08. The summed E-state index contributed by atoms with van der Waals surface area (Å²) in [7, 11) is -2.99. The molecule has 174 valence electrons. The molecule has 0 radical (unpaired) electrons. The Balaban J connectivity index is 1.83. The van der Waals surface area contributed by atoms with Gasteiger partial charge in [0.2, 0.25) is 0 Å². The largest absolute Gasteiger partial charge is 0.321 e. The fourth-order valence-electron chi connectivity index (χ4n) is 3.38. The predicted molar refractivity (Wildman–Crippen MR) is 131 cm³/mol. The Hall–Kier alpha value is -3.56. The summed E-state index contributed by atoms with van der Waals surface area (Å²) in [6.45, 7) is 1.60. The van der Waals surface area contributed by atoms with Crippen LogP contribution in [0.3, 0.4) is 0 Å². The standard InChI is InChI=1S/C25H20F2N2O3S2/c1-16-11-12-19(14-22(16)27)28-25(30)23-24(21(15-33-23)17-7-4-3-5-8-17)34(31,32)29(2)20-10-6-9-18(26)13-20/h3-15H,1-2H3,(H,28,30). The zero-order chi connectivity index (χ0) is 24.5. The van der Waals surface area contributed by atoms with E-state index in [-0.39, 0.29) is 21.1 Å². The minimum Gasteiger partial charge on any atom is -0.321 e. The van der Waals surface area contributed by atoms with Crippen molar-refractivity contribution in [2.24, 2.45) is 0 Å². The van der Waals surface area contributed by atoms with E-state index in [4.69, 9.17) is 0 Å². The molecular weight excluding hydrogens is 478 g/mol. The van der Waals surface area contributed by atoms with E-state index >= 15 is 0 Å². The molecule has 1 amide bonds. The van der Waals surface area contributed by atoms with Gasteiger partial charge in [0, 0.05) is 23.7 Å². The minimum atomic E-state index is -4.28. The molecule has 34 heavy (non-hydrogen) atoms. The lowest BCUT2D eigenvalue weighted by Gasteiger charge is -2.21. The normalized spacial score (nSPS) is 11.3. The number of carbonyl (C=O) groups is 1. The van der Waals surface area contributed by atoms with Crippen molar-refractivity contribution in [1.29, 1.82) is 0 Å². The van der Waals surface area contributed by atoms with Gasteiger partial charge in [-0.05, 0) is 48.4 Å². The summed E-state index contributed by atoms with van der Waals surface area (Å²) >= 11 is 0.963.